The minimum absolute atomic E-state index is 0.00336. The third-order valence-corrected chi connectivity index (χ3v) is 5.22. The van der Waals surface area contributed by atoms with E-state index in [9.17, 15) is 13.2 Å². The van der Waals surface area contributed by atoms with Crippen LogP contribution in [0.3, 0.4) is 0 Å². The molecule has 1 N–H and O–H groups in total. The molecule has 5 nitrogen and oxygen atoms in total. The van der Waals surface area contributed by atoms with Gasteiger partial charge in [-0.05, 0) is 44.6 Å². The molecule has 0 unspecified atom stereocenters. The summed E-state index contributed by atoms with van der Waals surface area (Å²) in [5.74, 6) is 0.711. The predicted molar refractivity (Wildman–Crippen MR) is 101 cm³/mol. The zero-order valence-electron chi connectivity index (χ0n) is 16.4. The van der Waals surface area contributed by atoms with Crippen LogP contribution in [0.1, 0.15) is 24.0 Å². The van der Waals surface area contributed by atoms with Crippen molar-refractivity contribution in [3.63, 3.8) is 0 Å². The van der Waals surface area contributed by atoms with Gasteiger partial charge in [0.1, 0.15) is 0 Å². The van der Waals surface area contributed by atoms with Crippen molar-refractivity contribution < 1.29 is 17.9 Å². The Bertz CT molecular complexity index is 623. The zero-order valence-corrected chi connectivity index (χ0v) is 16.4. The number of hydrogen-bond donors (Lipinski definition) is 1. The molecule has 1 aliphatic heterocycles. The highest BCUT2D eigenvalue weighted by molar-refractivity contribution is 5.79. The highest BCUT2D eigenvalue weighted by atomic mass is 19.4. The van der Waals surface area contributed by atoms with Crippen molar-refractivity contribution in [2.45, 2.75) is 31.1 Å². The Labute approximate surface area is 159 Å². The molecule has 0 radical (unpaired) electrons. The number of hydrogen-bond acceptors (Lipinski definition) is 3. The number of likely N-dealkylation sites (N-methyl/N-ethyl adjacent to an activating group) is 1. The number of ether oxygens (including phenoxy) is 1. The maximum atomic E-state index is 12.7. The van der Waals surface area contributed by atoms with Crippen molar-refractivity contribution >= 4 is 5.96 Å². The summed E-state index contributed by atoms with van der Waals surface area (Å²) in [4.78, 5) is 8.45. The molecule has 0 amide bonds. The van der Waals surface area contributed by atoms with Crippen molar-refractivity contribution in [3.8, 4) is 0 Å². The van der Waals surface area contributed by atoms with Crippen molar-refractivity contribution in [2.75, 3.05) is 47.9 Å². The van der Waals surface area contributed by atoms with Gasteiger partial charge in [0.05, 0.1) is 5.56 Å². The van der Waals surface area contributed by atoms with E-state index in [-0.39, 0.29) is 5.54 Å². The van der Waals surface area contributed by atoms with Crippen LogP contribution in [0.4, 0.5) is 13.2 Å². The van der Waals surface area contributed by atoms with Gasteiger partial charge in [-0.15, -0.1) is 0 Å². The molecule has 0 atom stereocenters. The summed E-state index contributed by atoms with van der Waals surface area (Å²) in [5, 5.41) is 3.42. The van der Waals surface area contributed by atoms with Crippen LogP contribution in [0.25, 0.3) is 0 Å². The Balaban J connectivity index is 1.98. The molecule has 1 aromatic rings. The number of guanidine groups is 1. The first-order valence-electron chi connectivity index (χ1n) is 9.01. The fourth-order valence-corrected chi connectivity index (χ4v) is 3.31. The van der Waals surface area contributed by atoms with Crippen LogP contribution in [0.2, 0.25) is 0 Å². The average Bonchev–Trinajstić information content (AvgIpc) is 2.62. The molecule has 2 rings (SSSR count). The lowest BCUT2D eigenvalue weighted by Gasteiger charge is -2.43. The van der Waals surface area contributed by atoms with E-state index in [0.717, 1.165) is 50.3 Å². The highest BCUT2D eigenvalue weighted by Crippen LogP contribution is 2.29. The third-order valence-electron chi connectivity index (χ3n) is 5.22. The van der Waals surface area contributed by atoms with E-state index in [2.05, 4.69) is 29.3 Å². The number of benzene rings is 1. The number of alkyl halides is 3. The summed E-state index contributed by atoms with van der Waals surface area (Å²) in [7, 11) is 7.72. The standard InChI is InChI=1S/C19H29F3N4O/c1-23-17(24-14-18(25(2)3)9-11-27-12-10-18)26(4)13-15-5-7-16(8-6-15)19(20,21)22/h5-8H,9-14H2,1-4H3,(H,23,24). The van der Waals surface area contributed by atoms with E-state index >= 15 is 0 Å². The minimum atomic E-state index is -4.31. The Kier molecular flexibility index (Phi) is 7.11. The molecule has 1 aromatic carbocycles. The second-order valence-electron chi connectivity index (χ2n) is 7.18. The van der Waals surface area contributed by atoms with Gasteiger partial charge in [0.25, 0.3) is 0 Å². The summed E-state index contributed by atoms with van der Waals surface area (Å²) in [6.45, 7) is 2.67. The van der Waals surface area contributed by atoms with Gasteiger partial charge < -0.3 is 19.9 Å². The molecule has 152 valence electrons. The molecule has 0 spiro atoms. The summed E-state index contributed by atoms with van der Waals surface area (Å²) in [5.41, 5.74) is 0.161. The average molecular weight is 386 g/mol. The molecule has 0 aromatic heterocycles. The van der Waals surface area contributed by atoms with Crippen LogP contribution in [0.5, 0.6) is 0 Å². The fourth-order valence-electron chi connectivity index (χ4n) is 3.31. The molecular formula is C19H29F3N4O. The summed E-state index contributed by atoms with van der Waals surface area (Å²) in [6, 6.07) is 5.24. The quantitative estimate of drug-likeness (QED) is 0.624. The van der Waals surface area contributed by atoms with E-state index in [0.29, 0.717) is 12.5 Å². The van der Waals surface area contributed by atoms with Gasteiger partial charge in [0, 0.05) is 45.9 Å². The van der Waals surface area contributed by atoms with Crippen LogP contribution in [-0.2, 0) is 17.5 Å². The topological polar surface area (TPSA) is 40.1 Å². The number of nitrogens with one attached hydrogen (secondary N) is 1. The zero-order chi connectivity index (χ0) is 20.1. The predicted octanol–water partition coefficient (Wildman–Crippen LogP) is 2.82. The molecule has 1 aliphatic rings. The van der Waals surface area contributed by atoms with Gasteiger partial charge in [0.15, 0.2) is 5.96 Å². The van der Waals surface area contributed by atoms with Gasteiger partial charge in [-0.2, -0.15) is 13.2 Å². The van der Waals surface area contributed by atoms with Crippen molar-refractivity contribution in [1.82, 2.24) is 15.1 Å². The van der Waals surface area contributed by atoms with Crippen LogP contribution >= 0.6 is 0 Å². The highest BCUT2D eigenvalue weighted by Gasteiger charge is 2.35. The maximum Gasteiger partial charge on any atom is 0.416 e. The van der Waals surface area contributed by atoms with Crippen LogP contribution in [0.15, 0.2) is 29.3 Å². The smallest absolute Gasteiger partial charge is 0.381 e. The van der Waals surface area contributed by atoms with E-state index in [1.807, 2.05) is 11.9 Å². The fraction of sp³-hybridized carbons (Fsp3) is 0.632. The summed E-state index contributed by atoms with van der Waals surface area (Å²) in [6.07, 6.45) is -2.44. The first kappa shape index (κ1) is 21.5. The molecule has 1 saturated heterocycles. The molecule has 0 bridgehead atoms. The van der Waals surface area contributed by atoms with Crippen LogP contribution < -0.4 is 5.32 Å². The van der Waals surface area contributed by atoms with Gasteiger partial charge in [-0.25, -0.2) is 0 Å². The van der Waals surface area contributed by atoms with Gasteiger partial charge >= 0.3 is 6.18 Å². The molecular weight excluding hydrogens is 357 g/mol. The summed E-state index contributed by atoms with van der Waals surface area (Å²) < 4.78 is 43.6. The molecule has 27 heavy (non-hydrogen) atoms. The Morgan fingerprint density at radius 1 is 1.15 bits per heavy atom. The number of aliphatic imine (C=N–C) groups is 1. The SMILES string of the molecule is CN=C(NCC1(N(C)C)CCOCC1)N(C)Cc1ccc(C(F)(F)F)cc1. The molecule has 8 heteroatoms. The Hall–Kier alpha value is -1.80. The second-order valence-corrected chi connectivity index (χ2v) is 7.18. The van der Waals surface area contributed by atoms with Crippen LogP contribution in [-0.4, -0.2) is 69.2 Å². The van der Waals surface area contributed by atoms with Crippen molar-refractivity contribution in [1.29, 1.82) is 0 Å². The lowest BCUT2D eigenvalue weighted by Crippen LogP contribution is -2.57. The second kappa shape index (κ2) is 8.93. The van der Waals surface area contributed by atoms with Gasteiger partial charge in [-0.3, -0.25) is 4.99 Å². The third kappa shape index (κ3) is 5.59. The largest absolute Gasteiger partial charge is 0.416 e. The molecule has 1 heterocycles. The van der Waals surface area contributed by atoms with Crippen LogP contribution in [0, 0.1) is 0 Å². The van der Waals surface area contributed by atoms with E-state index in [1.54, 1.807) is 7.05 Å². The minimum Gasteiger partial charge on any atom is -0.381 e. The first-order chi connectivity index (χ1) is 12.7. The first-order valence-corrected chi connectivity index (χ1v) is 9.01. The number of halogens is 3. The molecule has 1 fully saturated rings. The summed E-state index contributed by atoms with van der Waals surface area (Å²) >= 11 is 0. The van der Waals surface area contributed by atoms with Gasteiger partial charge in [-0.1, -0.05) is 12.1 Å². The normalized spacial score (nSPS) is 17.9. The maximum absolute atomic E-state index is 12.7. The van der Waals surface area contributed by atoms with E-state index in [1.165, 1.54) is 12.1 Å². The van der Waals surface area contributed by atoms with E-state index in [4.69, 9.17) is 4.74 Å². The monoisotopic (exact) mass is 386 g/mol. The van der Waals surface area contributed by atoms with Crippen molar-refractivity contribution in [2.24, 2.45) is 4.99 Å². The lowest BCUT2D eigenvalue weighted by atomic mass is 9.88. The number of nitrogens with zero attached hydrogens (tertiary/aromatic N) is 3. The van der Waals surface area contributed by atoms with Crippen molar-refractivity contribution in [3.05, 3.63) is 35.4 Å². The number of rotatable bonds is 5. The lowest BCUT2D eigenvalue weighted by molar-refractivity contribution is -0.137. The Morgan fingerprint density at radius 2 is 1.74 bits per heavy atom. The Morgan fingerprint density at radius 3 is 2.22 bits per heavy atom. The molecule has 0 saturated carbocycles. The van der Waals surface area contributed by atoms with Gasteiger partial charge in [0.2, 0.25) is 0 Å². The molecule has 0 aliphatic carbocycles. The van der Waals surface area contributed by atoms with E-state index < -0.39 is 11.7 Å².